The number of nitrogens with one attached hydrogen (secondary N) is 1. The van der Waals surface area contributed by atoms with E-state index < -0.39 is 66.1 Å². The first kappa shape index (κ1) is 37.1. The van der Waals surface area contributed by atoms with Crippen LogP contribution in [0.1, 0.15) is 43.9 Å². The molecule has 11 heteroatoms. The van der Waals surface area contributed by atoms with Crippen molar-refractivity contribution in [3.8, 4) is 0 Å². The standard InChI is InChI=1S/C43H48N4O7/c1-3-45(4-2)31-19-21-32(22-20-31)46-25-13-7-12-18-36(49)44-27-35(30-16-10-6-11-17-30)53-42(52)37-34-23-24-43(54-34)38(37)40(50)47(39(43)41(46)51)33(28-48)26-29-14-8-5-9-15-29/h5-11,13-17,19-24,33-35,37-39,48H,3-4,12,18,25-28H2,1-2H3,(H,44,49)/b13-7-/t33-,34-,35-,37+,38+,39-,43+/m1/s1. The van der Waals surface area contributed by atoms with Crippen molar-refractivity contribution < 1.29 is 33.8 Å². The van der Waals surface area contributed by atoms with Gasteiger partial charge in [0.2, 0.25) is 11.8 Å². The summed E-state index contributed by atoms with van der Waals surface area (Å²) in [7, 11) is 0. The van der Waals surface area contributed by atoms with Crippen molar-refractivity contribution in [3.63, 3.8) is 0 Å². The first-order valence-corrected chi connectivity index (χ1v) is 19.0. The molecule has 282 valence electrons. The minimum Gasteiger partial charge on any atom is -0.455 e. The molecule has 3 aromatic rings. The normalized spacial score (nSPS) is 28.1. The van der Waals surface area contributed by atoms with Crippen LogP contribution in [0.3, 0.4) is 0 Å². The van der Waals surface area contributed by atoms with Crippen molar-refractivity contribution in [1.29, 1.82) is 0 Å². The molecule has 54 heavy (non-hydrogen) atoms. The minimum absolute atomic E-state index is 0.0459. The van der Waals surface area contributed by atoms with E-state index in [1.54, 1.807) is 17.1 Å². The van der Waals surface area contributed by atoms with Gasteiger partial charge in [0.25, 0.3) is 5.91 Å². The Bertz CT molecular complexity index is 1880. The summed E-state index contributed by atoms with van der Waals surface area (Å²) in [6.07, 6.45) is 6.52. The third-order valence-electron chi connectivity index (χ3n) is 11.2. The van der Waals surface area contributed by atoms with Crippen LogP contribution in [0.4, 0.5) is 11.4 Å². The molecular formula is C43H48N4O7. The molecule has 0 radical (unpaired) electrons. The Kier molecular flexibility index (Phi) is 11.0. The number of amides is 3. The van der Waals surface area contributed by atoms with Crippen molar-refractivity contribution in [2.75, 3.05) is 42.6 Å². The first-order chi connectivity index (χ1) is 26.3. The van der Waals surface area contributed by atoms with Crippen molar-refractivity contribution in [1.82, 2.24) is 10.2 Å². The highest BCUT2D eigenvalue weighted by atomic mass is 16.6. The summed E-state index contributed by atoms with van der Waals surface area (Å²) in [6, 6.07) is 24.4. The van der Waals surface area contributed by atoms with Crippen molar-refractivity contribution in [3.05, 3.63) is 120 Å². The number of nitrogens with zero attached hydrogens (tertiary/aromatic N) is 3. The number of rotatable bonds is 9. The van der Waals surface area contributed by atoms with Crippen LogP contribution in [0.5, 0.6) is 0 Å². The highest BCUT2D eigenvalue weighted by molar-refractivity contribution is 6.05. The van der Waals surface area contributed by atoms with Crippen molar-refractivity contribution >= 4 is 35.1 Å². The Hall–Kier alpha value is -5.26. The summed E-state index contributed by atoms with van der Waals surface area (Å²) in [6.45, 7) is 5.60. The second-order valence-corrected chi connectivity index (χ2v) is 14.3. The molecule has 4 aliphatic rings. The molecule has 3 aromatic carbocycles. The Morgan fingerprint density at radius 3 is 2.30 bits per heavy atom. The second-order valence-electron chi connectivity index (χ2n) is 14.3. The summed E-state index contributed by atoms with van der Waals surface area (Å²) in [5, 5.41) is 13.9. The number of ether oxygens (including phenoxy) is 2. The molecule has 4 aliphatic heterocycles. The molecular weight excluding hydrogens is 684 g/mol. The fourth-order valence-corrected chi connectivity index (χ4v) is 8.51. The molecule has 5 bridgehead atoms. The highest BCUT2D eigenvalue weighted by Gasteiger charge is 2.74. The van der Waals surface area contributed by atoms with Crippen LogP contribution < -0.4 is 15.1 Å². The predicted octanol–water partition coefficient (Wildman–Crippen LogP) is 4.37. The quantitative estimate of drug-likeness (QED) is 0.245. The maximum Gasteiger partial charge on any atom is 0.313 e. The molecule has 2 fully saturated rings. The number of anilines is 2. The lowest BCUT2D eigenvalue weighted by molar-refractivity contribution is -0.160. The van der Waals surface area contributed by atoms with Gasteiger partial charge in [-0.3, -0.25) is 19.2 Å². The highest BCUT2D eigenvalue weighted by Crippen LogP contribution is 2.56. The zero-order chi connectivity index (χ0) is 37.8. The molecule has 2 N–H and O–H groups in total. The third kappa shape index (κ3) is 6.94. The Morgan fingerprint density at radius 2 is 1.61 bits per heavy atom. The van der Waals surface area contributed by atoms with Gasteiger partial charge in [-0.2, -0.15) is 0 Å². The number of aliphatic hydroxyl groups is 1. The lowest BCUT2D eigenvalue weighted by atomic mass is 9.74. The number of benzene rings is 3. The maximum atomic E-state index is 15.4. The summed E-state index contributed by atoms with van der Waals surface area (Å²) in [5.74, 6) is -3.85. The molecule has 11 nitrogen and oxygen atoms in total. The zero-order valence-corrected chi connectivity index (χ0v) is 30.8. The van der Waals surface area contributed by atoms with E-state index in [1.807, 2.05) is 97.1 Å². The van der Waals surface area contributed by atoms with Gasteiger partial charge in [0, 0.05) is 37.4 Å². The van der Waals surface area contributed by atoms with Crippen LogP contribution >= 0.6 is 0 Å². The monoisotopic (exact) mass is 732 g/mol. The number of cyclic esters (lactones) is 1. The van der Waals surface area contributed by atoms with Gasteiger partial charge in [-0.15, -0.1) is 0 Å². The molecule has 0 aliphatic carbocycles. The van der Waals surface area contributed by atoms with E-state index in [9.17, 15) is 19.5 Å². The SMILES string of the molecule is CCN(CC)c1ccc(N2C/C=C\CCC(=O)NC[C@H](c3ccccc3)OC(=O)[C@@H]3[C@H]4C(=O)N([C@@H](CO)Cc5ccccc5)[C@H](C2=O)[C@]42C=C[C@H]3O2)cc1. The van der Waals surface area contributed by atoms with Gasteiger partial charge in [0.05, 0.1) is 31.2 Å². The predicted molar refractivity (Wildman–Crippen MR) is 204 cm³/mol. The second kappa shape index (κ2) is 16.0. The number of hydrogen-bond acceptors (Lipinski definition) is 8. The van der Waals surface area contributed by atoms with Gasteiger partial charge in [-0.1, -0.05) is 85.0 Å². The lowest BCUT2D eigenvalue weighted by Crippen LogP contribution is -2.59. The van der Waals surface area contributed by atoms with Crippen LogP contribution in [-0.2, 0) is 35.1 Å². The topological polar surface area (TPSA) is 129 Å². The maximum absolute atomic E-state index is 15.4. The van der Waals surface area contributed by atoms with E-state index in [0.717, 1.165) is 24.3 Å². The van der Waals surface area contributed by atoms with Crippen molar-refractivity contribution in [2.24, 2.45) is 11.8 Å². The van der Waals surface area contributed by atoms with Gasteiger partial charge in [-0.05, 0) is 62.1 Å². The Balaban J connectivity index is 1.33. The number of carbonyl (C=O) groups excluding carboxylic acids is 4. The van der Waals surface area contributed by atoms with Crippen LogP contribution in [0, 0.1) is 11.8 Å². The molecule has 2 saturated heterocycles. The molecule has 0 aromatic heterocycles. The third-order valence-corrected chi connectivity index (χ3v) is 11.2. The molecule has 7 atom stereocenters. The van der Waals surface area contributed by atoms with E-state index in [0.29, 0.717) is 17.7 Å². The number of carbonyl (C=O) groups is 4. The molecule has 0 unspecified atom stereocenters. The largest absolute Gasteiger partial charge is 0.455 e. The van der Waals surface area contributed by atoms with Gasteiger partial charge < -0.3 is 34.6 Å². The number of aliphatic hydroxyl groups excluding tert-OH is 1. The van der Waals surface area contributed by atoms with E-state index in [4.69, 9.17) is 9.47 Å². The fourth-order valence-electron chi connectivity index (χ4n) is 8.51. The van der Waals surface area contributed by atoms with Gasteiger partial charge in [0.1, 0.15) is 23.7 Å². The summed E-state index contributed by atoms with van der Waals surface area (Å²) < 4.78 is 12.8. The summed E-state index contributed by atoms with van der Waals surface area (Å²) >= 11 is 0. The van der Waals surface area contributed by atoms with Crippen molar-refractivity contribution in [2.45, 2.75) is 63.0 Å². The lowest BCUT2D eigenvalue weighted by Gasteiger charge is -2.39. The smallest absolute Gasteiger partial charge is 0.313 e. The van der Waals surface area contributed by atoms with Gasteiger partial charge in [-0.25, -0.2) is 0 Å². The molecule has 3 amide bonds. The van der Waals surface area contributed by atoms with Crippen LogP contribution in [-0.4, -0.2) is 90.3 Å². The van der Waals surface area contributed by atoms with E-state index >= 15 is 4.79 Å². The molecule has 1 spiro atoms. The van der Waals surface area contributed by atoms with E-state index in [2.05, 4.69) is 24.1 Å². The number of allylic oxidation sites excluding steroid dienone is 1. The fraction of sp³-hybridized carbons (Fsp3) is 0.395. The number of hydrogen-bond donors (Lipinski definition) is 2. The van der Waals surface area contributed by atoms with E-state index in [-0.39, 0.29) is 31.8 Å². The summed E-state index contributed by atoms with van der Waals surface area (Å²) in [5.41, 5.74) is 1.72. The number of likely N-dealkylation sites (tertiary alicyclic amines) is 1. The number of esters is 1. The Morgan fingerprint density at radius 1 is 0.907 bits per heavy atom. The van der Waals surface area contributed by atoms with Crippen LogP contribution in [0.15, 0.2) is 109 Å². The minimum atomic E-state index is -1.49. The number of fused-ring (bicyclic) bond motifs is 2. The van der Waals surface area contributed by atoms with Crippen LogP contribution in [0.2, 0.25) is 0 Å². The van der Waals surface area contributed by atoms with Crippen LogP contribution in [0.25, 0.3) is 0 Å². The van der Waals surface area contributed by atoms with E-state index in [1.165, 1.54) is 4.90 Å². The Labute approximate surface area is 316 Å². The zero-order valence-electron chi connectivity index (χ0n) is 30.8. The first-order valence-electron chi connectivity index (χ1n) is 19.0. The molecule has 0 saturated carbocycles. The molecule has 4 heterocycles. The summed E-state index contributed by atoms with van der Waals surface area (Å²) in [4.78, 5) is 63.0. The van der Waals surface area contributed by atoms with Gasteiger partial charge >= 0.3 is 5.97 Å². The average molecular weight is 733 g/mol. The molecule has 7 rings (SSSR count). The van der Waals surface area contributed by atoms with Gasteiger partial charge in [0.15, 0.2) is 0 Å². The average Bonchev–Trinajstić information content (AvgIpc) is 3.85.